The van der Waals surface area contributed by atoms with Crippen molar-refractivity contribution in [3.63, 3.8) is 0 Å². The third kappa shape index (κ3) is 2.92. The summed E-state index contributed by atoms with van der Waals surface area (Å²) in [6, 6.07) is 10.4. The topological polar surface area (TPSA) is 99.2 Å². The lowest BCUT2D eigenvalue weighted by molar-refractivity contribution is -0.122. The molecule has 1 aromatic heterocycles. The molecule has 0 bridgehead atoms. The number of nitrogens with one attached hydrogen (secondary N) is 1. The molecule has 1 aliphatic heterocycles. The molecule has 2 heterocycles. The second kappa shape index (κ2) is 5.93. The van der Waals surface area contributed by atoms with Crippen LogP contribution in [0, 0.1) is 24.2 Å². The fourth-order valence-corrected chi connectivity index (χ4v) is 2.51. The highest BCUT2D eigenvalue weighted by Gasteiger charge is 2.36. The van der Waals surface area contributed by atoms with E-state index in [1.54, 1.807) is 37.3 Å². The maximum Gasteiger partial charge on any atom is 0.229 e. The molecule has 1 aliphatic rings. The van der Waals surface area contributed by atoms with Gasteiger partial charge in [0.15, 0.2) is 5.82 Å². The quantitative estimate of drug-likeness (QED) is 0.932. The van der Waals surface area contributed by atoms with Crippen molar-refractivity contribution < 1.29 is 14.1 Å². The fraction of sp³-hybridized carbons (Fsp3) is 0.250. The van der Waals surface area contributed by atoms with Gasteiger partial charge < -0.3 is 9.84 Å². The van der Waals surface area contributed by atoms with E-state index in [0.717, 1.165) is 0 Å². The van der Waals surface area contributed by atoms with Gasteiger partial charge in [-0.25, -0.2) is 0 Å². The SMILES string of the molecule is Cc1cc(N2CC(C(=O)Nc3ccccc3C#N)CC2=O)no1. The first-order valence-electron chi connectivity index (χ1n) is 7.12. The number of carbonyl (C=O) groups is 2. The maximum atomic E-state index is 12.4. The number of rotatable bonds is 3. The van der Waals surface area contributed by atoms with E-state index in [0.29, 0.717) is 22.8 Å². The molecule has 1 fully saturated rings. The molecule has 0 radical (unpaired) electrons. The van der Waals surface area contributed by atoms with Crippen LogP contribution < -0.4 is 10.2 Å². The number of anilines is 2. The monoisotopic (exact) mass is 310 g/mol. The van der Waals surface area contributed by atoms with Gasteiger partial charge in [-0.3, -0.25) is 14.5 Å². The summed E-state index contributed by atoms with van der Waals surface area (Å²) < 4.78 is 4.97. The fourth-order valence-electron chi connectivity index (χ4n) is 2.51. The Morgan fingerprint density at radius 1 is 1.48 bits per heavy atom. The number of aromatic nitrogens is 1. The lowest BCUT2D eigenvalue weighted by Crippen LogP contribution is -2.28. The Kier molecular flexibility index (Phi) is 3.81. The first-order valence-corrected chi connectivity index (χ1v) is 7.12. The van der Waals surface area contributed by atoms with E-state index < -0.39 is 5.92 Å². The third-order valence-corrected chi connectivity index (χ3v) is 3.69. The molecule has 7 nitrogen and oxygen atoms in total. The number of nitriles is 1. The van der Waals surface area contributed by atoms with E-state index in [2.05, 4.69) is 10.5 Å². The molecule has 2 amide bonds. The van der Waals surface area contributed by atoms with Crippen molar-refractivity contribution in [3.8, 4) is 6.07 Å². The highest BCUT2D eigenvalue weighted by atomic mass is 16.5. The zero-order chi connectivity index (χ0) is 16.4. The molecule has 2 aromatic rings. The smallest absolute Gasteiger partial charge is 0.229 e. The number of hydrogen-bond acceptors (Lipinski definition) is 5. The van der Waals surface area contributed by atoms with Crippen LogP contribution >= 0.6 is 0 Å². The van der Waals surface area contributed by atoms with Crippen LogP contribution in [0.5, 0.6) is 0 Å². The molecule has 1 saturated heterocycles. The molecule has 1 unspecified atom stereocenters. The third-order valence-electron chi connectivity index (χ3n) is 3.69. The number of amides is 2. The molecular weight excluding hydrogens is 296 g/mol. The highest BCUT2D eigenvalue weighted by molar-refractivity contribution is 6.03. The number of aryl methyl sites for hydroxylation is 1. The Hall–Kier alpha value is -3.14. The molecule has 1 atom stereocenters. The summed E-state index contributed by atoms with van der Waals surface area (Å²) in [5.41, 5.74) is 0.831. The van der Waals surface area contributed by atoms with Crippen LogP contribution in [-0.4, -0.2) is 23.5 Å². The number of carbonyl (C=O) groups excluding carboxylic acids is 2. The van der Waals surface area contributed by atoms with Gasteiger partial charge in [-0.1, -0.05) is 17.3 Å². The van der Waals surface area contributed by atoms with E-state index in [9.17, 15) is 9.59 Å². The van der Waals surface area contributed by atoms with Gasteiger partial charge in [0.25, 0.3) is 0 Å². The van der Waals surface area contributed by atoms with Crippen LogP contribution in [0.4, 0.5) is 11.5 Å². The summed E-state index contributed by atoms with van der Waals surface area (Å²) in [5, 5.41) is 15.6. The van der Waals surface area contributed by atoms with Gasteiger partial charge in [0.05, 0.1) is 17.2 Å². The van der Waals surface area contributed by atoms with Gasteiger partial charge in [-0.2, -0.15) is 5.26 Å². The molecule has 0 saturated carbocycles. The van der Waals surface area contributed by atoms with Crippen LogP contribution in [-0.2, 0) is 9.59 Å². The number of hydrogen-bond donors (Lipinski definition) is 1. The van der Waals surface area contributed by atoms with E-state index in [4.69, 9.17) is 9.78 Å². The summed E-state index contributed by atoms with van der Waals surface area (Å²) >= 11 is 0. The summed E-state index contributed by atoms with van der Waals surface area (Å²) in [7, 11) is 0. The summed E-state index contributed by atoms with van der Waals surface area (Å²) in [5.74, 6) is 0.0610. The minimum Gasteiger partial charge on any atom is -0.360 e. The Labute approximate surface area is 132 Å². The molecule has 1 N–H and O–H groups in total. The first kappa shape index (κ1) is 14.8. The Bertz CT molecular complexity index is 806. The van der Waals surface area contributed by atoms with Crippen LogP contribution in [0.15, 0.2) is 34.9 Å². The van der Waals surface area contributed by atoms with Crippen LogP contribution in [0.2, 0.25) is 0 Å². The Morgan fingerprint density at radius 2 is 2.26 bits per heavy atom. The van der Waals surface area contributed by atoms with E-state index in [1.165, 1.54) is 4.90 Å². The van der Waals surface area contributed by atoms with Crippen LogP contribution in [0.1, 0.15) is 17.7 Å². The van der Waals surface area contributed by atoms with E-state index in [1.807, 2.05) is 6.07 Å². The molecular formula is C16H14N4O3. The van der Waals surface area contributed by atoms with Gasteiger partial charge in [-0.05, 0) is 19.1 Å². The molecule has 0 spiro atoms. The number of para-hydroxylation sites is 1. The van der Waals surface area contributed by atoms with Gasteiger partial charge in [0.2, 0.25) is 11.8 Å². The summed E-state index contributed by atoms with van der Waals surface area (Å²) in [4.78, 5) is 25.9. The van der Waals surface area contributed by atoms with Crippen LogP contribution in [0.25, 0.3) is 0 Å². The molecule has 116 valence electrons. The zero-order valence-electron chi connectivity index (χ0n) is 12.4. The normalized spacial score (nSPS) is 17.1. The van der Waals surface area contributed by atoms with Gasteiger partial charge >= 0.3 is 0 Å². The van der Waals surface area contributed by atoms with E-state index in [-0.39, 0.29) is 24.8 Å². The standard InChI is InChI=1S/C16H14N4O3/c1-10-6-14(19-23-10)20-9-12(7-15(20)21)16(22)18-13-5-3-2-4-11(13)8-17/h2-6,12H,7,9H2,1H3,(H,18,22). The highest BCUT2D eigenvalue weighted by Crippen LogP contribution is 2.26. The first-order chi connectivity index (χ1) is 11.1. The van der Waals surface area contributed by atoms with Crippen molar-refractivity contribution in [1.82, 2.24) is 5.16 Å². The van der Waals surface area contributed by atoms with Crippen molar-refractivity contribution in [2.45, 2.75) is 13.3 Å². The molecule has 0 aliphatic carbocycles. The largest absolute Gasteiger partial charge is 0.360 e. The average Bonchev–Trinajstić information content (AvgIpc) is 3.13. The van der Waals surface area contributed by atoms with Gasteiger partial charge in [-0.15, -0.1) is 0 Å². The van der Waals surface area contributed by atoms with Crippen molar-refractivity contribution >= 4 is 23.3 Å². The second-order valence-electron chi connectivity index (χ2n) is 5.35. The minimum atomic E-state index is -0.494. The summed E-state index contributed by atoms with van der Waals surface area (Å²) in [6.07, 6.45) is 0.104. The molecule has 23 heavy (non-hydrogen) atoms. The van der Waals surface area contributed by atoms with E-state index >= 15 is 0 Å². The van der Waals surface area contributed by atoms with Crippen molar-refractivity contribution in [3.05, 3.63) is 41.7 Å². The number of benzene rings is 1. The van der Waals surface area contributed by atoms with Crippen molar-refractivity contribution in [1.29, 1.82) is 5.26 Å². The zero-order valence-corrected chi connectivity index (χ0v) is 12.4. The molecule has 7 heteroatoms. The predicted octanol–water partition coefficient (Wildman–Crippen LogP) is 1.85. The lowest BCUT2D eigenvalue weighted by Gasteiger charge is -2.13. The number of nitrogens with zero attached hydrogens (tertiary/aromatic N) is 3. The lowest BCUT2D eigenvalue weighted by atomic mass is 10.1. The van der Waals surface area contributed by atoms with Crippen LogP contribution in [0.3, 0.4) is 0 Å². The Balaban J connectivity index is 1.72. The predicted molar refractivity (Wildman–Crippen MR) is 81.5 cm³/mol. The molecule has 3 rings (SSSR count). The Morgan fingerprint density at radius 3 is 2.96 bits per heavy atom. The summed E-state index contributed by atoms with van der Waals surface area (Å²) in [6.45, 7) is 1.98. The van der Waals surface area contributed by atoms with Gasteiger partial charge in [0, 0.05) is 19.0 Å². The average molecular weight is 310 g/mol. The molecule has 1 aromatic carbocycles. The van der Waals surface area contributed by atoms with Crippen molar-refractivity contribution in [2.75, 3.05) is 16.8 Å². The second-order valence-corrected chi connectivity index (χ2v) is 5.35. The van der Waals surface area contributed by atoms with Crippen molar-refractivity contribution in [2.24, 2.45) is 5.92 Å². The van der Waals surface area contributed by atoms with Gasteiger partial charge in [0.1, 0.15) is 11.8 Å². The minimum absolute atomic E-state index is 0.104. The maximum absolute atomic E-state index is 12.4.